The molecule has 0 heterocycles. The van der Waals surface area contributed by atoms with E-state index >= 15 is 0 Å². The van der Waals surface area contributed by atoms with Crippen LogP contribution in [0.4, 0.5) is 0 Å². The van der Waals surface area contributed by atoms with Gasteiger partial charge in [0.25, 0.3) is 0 Å². The fourth-order valence-corrected chi connectivity index (χ4v) is 3.08. The molecule has 1 atom stereocenters. The zero-order valence-electron chi connectivity index (χ0n) is 12.2. The molecule has 0 bridgehead atoms. The van der Waals surface area contributed by atoms with Crippen LogP contribution in [-0.4, -0.2) is 23.7 Å². The maximum atomic E-state index is 11.3. The second kappa shape index (κ2) is 7.56. The summed E-state index contributed by atoms with van der Waals surface area (Å²) in [6.45, 7) is 8.25. The summed E-state index contributed by atoms with van der Waals surface area (Å²) in [6, 6.07) is 6.56. The van der Waals surface area contributed by atoms with Crippen molar-refractivity contribution in [3.63, 3.8) is 0 Å². The van der Waals surface area contributed by atoms with E-state index in [1.54, 1.807) is 11.8 Å². The van der Waals surface area contributed by atoms with Crippen molar-refractivity contribution < 1.29 is 4.79 Å². The molecule has 3 nitrogen and oxygen atoms in total. The van der Waals surface area contributed by atoms with Gasteiger partial charge in [0, 0.05) is 17.5 Å². The number of thioether (sulfide) groups is 1. The monoisotopic (exact) mass is 280 g/mol. The Labute approximate surface area is 120 Å². The second-order valence-corrected chi connectivity index (χ2v) is 6.32. The molecular formula is C15H24N2OS. The summed E-state index contributed by atoms with van der Waals surface area (Å²) in [7, 11) is 0. The standard InChI is InChI=1S/C15H24N2OS/c1-10(2)17-14(15(16)18)9-19-8-13-6-11(3)5-12(4)7-13/h5-7,10,14,17H,8-9H2,1-4H3,(H2,16,18). The van der Waals surface area contributed by atoms with Crippen LogP contribution in [0.1, 0.15) is 30.5 Å². The fraction of sp³-hybridized carbons (Fsp3) is 0.533. The number of hydrogen-bond donors (Lipinski definition) is 2. The number of nitrogens with two attached hydrogens (primary N) is 1. The quantitative estimate of drug-likeness (QED) is 0.806. The van der Waals surface area contributed by atoms with Crippen LogP contribution in [-0.2, 0) is 10.5 Å². The minimum Gasteiger partial charge on any atom is -0.368 e. The number of amides is 1. The van der Waals surface area contributed by atoms with Gasteiger partial charge in [0.05, 0.1) is 6.04 Å². The number of benzene rings is 1. The molecule has 0 aliphatic carbocycles. The molecular weight excluding hydrogens is 256 g/mol. The summed E-state index contributed by atoms with van der Waals surface area (Å²) in [6.07, 6.45) is 0. The highest BCUT2D eigenvalue weighted by Crippen LogP contribution is 2.16. The van der Waals surface area contributed by atoms with Crippen molar-refractivity contribution in [3.8, 4) is 0 Å². The molecule has 0 aliphatic rings. The molecule has 0 aliphatic heterocycles. The third-order valence-corrected chi connectivity index (χ3v) is 3.82. The molecule has 0 radical (unpaired) electrons. The third-order valence-electron chi connectivity index (χ3n) is 2.71. The Morgan fingerprint density at radius 3 is 2.32 bits per heavy atom. The van der Waals surface area contributed by atoms with E-state index in [1.807, 2.05) is 13.8 Å². The molecule has 1 amide bonds. The van der Waals surface area contributed by atoms with E-state index in [0.717, 1.165) is 5.75 Å². The first-order chi connectivity index (χ1) is 8.88. The summed E-state index contributed by atoms with van der Waals surface area (Å²) < 4.78 is 0. The normalized spacial score (nSPS) is 12.7. The largest absolute Gasteiger partial charge is 0.368 e. The minimum absolute atomic E-state index is 0.254. The van der Waals surface area contributed by atoms with Gasteiger partial charge < -0.3 is 11.1 Å². The van der Waals surface area contributed by atoms with Crippen LogP contribution in [0.5, 0.6) is 0 Å². The Morgan fingerprint density at radius 1 is 1.26 bits per heavy atom. The molecule has 0 fully saturated rings. The molecule has 0 aromatic heterocycles. The van der Waals surface area contributed by atoms with Crippen LogP contribution in [0.2, 0.25) is 0 Å². The number of carbonyl (C=O) groups is 1. The Balaban J connectivity index is 2.49. The van der Waals surface area contributed by atoms with Gasteiger partial charge in [-0.3, -0.25) is 4.79 Å². The Hall–Kier alpha value is -1.00. The molecule has 0 spiro atoms. The summed E-state index contributed by atoms with van der Waals surface area (Å²) >= 11 is 1.74. The highest BCUT2D eigenvalue weighted by Gasteiger charge is 2.15. The van der Waals surface area contributed by atoms with Gasteiger partial charge in [-0.1, -0.05) is 43.2 Å². The van der Waals surface area contributed by atoms with Crippen molar-refractivity contribution in [2.75, 3.05) is 5.75 Å². The van der Waals surface area contributed by atoms with Gasteiger partial charge in [-0.15, -0.1) is 0 Å². The van der Waals surface area contributed by atoms with Crippen LogP contribution in [0, 0.1) is 13.8 Å². The first-order valence-electron chi connectivity index (χ1n) is 6.58. The van der Waals surface area contributed by atoms with Crippen LogP contribution >= 0.6 is 11.8 Å². The molecule has 0 saturated heterocycles. The average molecular weight is 280 g/mol. The zero-order valence-corrected chi connectivity index (χ0v) is 13.0. The zero-order chi connectivity index (χ0) is 14.4. The Bertz CT molecular complexity index is 412. The van der Waals surface area contributed by atoms with Crippen LogP contribution in [0.3, 0.4) is 0 Å². The first-order valence-corrected chi connectivity index (χ1v) is 7.74. The lowest BCUT2D eigenvalue weighted by atomic mass is 10.1. The lowest BCUT2D eigenvalue weighted by Gasteiger charge is -2.17. The van der Waals surface area contributed by atoms with Gasteiger partial charge in [0.15, 0.2) is 0 Å². The summed E-state index contributed by atoms with van der Waals surface area (Å²) in [5.41, 5.74) is 9.26. The van der Waals surface area contributed by atoms with Crippen molar-refractivity contribution in [1.82, 2.24) is 5.32 Å². The van der Waals surface area contributed by atoms with Gasteiger partial charge in [-0.25, -0.2) is 0 Å². The highest BCUT2D eigenvalue weighted by atomic mass is 32.2. The number of nitrogens with one attached hydrogen (secondary N) is 1. The number of hydrogen-bond acceptors (Lipinski definition) is 3. The predicted molar refractivity (Wildman–Crippen MR) is 83.3 cm³/mol. The summed E-state index contributed by atoms with van der Waals surface area (Å²) in [4.78, 5) is 11.3. The molecule has 3 N–H and O–H groups in total. The number of primary amides is 1. The van der Waals surface area contributed by atoms with E-state index < -0.39 is 0 Å². The molecule has 106 valence electrons. The lowest BCUT2D eigenvalue weighted by molar-refractivity contribution is -0.119. The summed E-state index contributed by atoms with van der Waals surface area (Å²) in [5, 5.41) is 3.19. The smallest absolute Gasteiger partial charge is 0.235 e. The Morgan fingerprint density at radius 2 is 1.84 bits per heavy atom. The van der Waals surface area contributed by atoms with Crippen molar-refractivity contribution in [3.05, 3.63) is 34.9 Å². The summed E-state index contributed by atoms with van der Waals surface area (Å²) in [5.74, 6) is 1.34. The molecule has 1 rings (SSSR count). The van der Waals surface area contributed by atoms with Gasteiger partial charge in [0.1, 0.15) is 0 Å². The fourth-order valence-electron chi connectivity index (χ4n) is 2.06. The van der Waals surface area contributed by atoms with Crippen molar-refractivity contribution in [2.24, 2.45) is 5.73 Å². The first kappa shape index (κ1) is 16.1. The molecule has 1 unspecified atom stereocenters. The number of carbonyl (C=O) groups excluding carboxylic acids is 1. The van der Waals surface area contributed by atoms with E-state index in [0.29, 0.717) is 5.75 Å². The van der Waals surface area contributed by atoms with Gasteiger partial charge in [-0.2, -0.15) is 11.8 Å². The molecule has 0 saturated carbocycles. The molecule has 1 aromatic carbocycles. The number of aryl methyl sites for hydroxylation is 2. The van der Waals surface area contributed by atoms with E-state index in [1.165, 1.54) is 16.7 Å². The van der Waals surface area contributed by atoms with Crippen LogP contribution in [0.15, 0.2) is 18.2 Å². The van der Waals surface area contributed by atoms with Gasteiger partial charge in [0.2, 0.25) is 5.91 Å². The molecule has 19 heavy (non-hydrogen) atoms. The van der Waals surface area contributed by atoms with Gasteiger partial charge >= 0.3 is 0 Å². The second-order valence-electron chi connectivity index (χ2n) is 5.29. The SMILES string of the molecule is Cc1cc(C)cc(CSCC(NC(C)C)C(N)=O)c1. The number of rotatable bonds is 7. The Kier molecular flexibility index (Phi) is 6.38. The topological polar surface area (TPSA) is 55.1 Å². The van der Waals surface area contributed by atoms with E-state index in [-0.39, 0.29) is 18.0 Å². The van der Waals surface area contributed by atoms with Crippen LogP contribution < -0.4 is 11.1 Å². The molecule has 1 aromatic rings. The predicted octanol–water partition coefficient (Wildman–Crippen LogP) is 2.39. The van der Waals surface area contributed by atoms with Crippen molar-refractivity contribution >= 4 is 17.7 Å². The maximum Gasteiger partial charge on any atom is 0.235 e. The van der Waals surface area contributed by atoms with E-state index in [9.17, 15) is 4.79 Å². The molecule has 4 heteroatoms. The lowest BCUT2D eigenvalue weighted by Crippen LogP contribution is -2.46. The van der Waals surface area contributed by atoms with Gasteiger partial charge in [-0.05, 0) is 19.4 Å². The highest BCUT2D eigenvalue weighted by molar-refractivity contribution is 7.98. The van der Waals surface area contributed by atoms with Crippen molar-refractivity contribution in [2.45, 2.75) is 45.5 Å². The van der Waals surface area contributed by atoms with Crippen molar-refractivity contribution in [1.29, 1.82) is 0 Å². The average Bonchev–Trinajstić information content (AvgIpc) is 2.25. The van der Waals surface area contributed by atoms with E-state index in [2.05, 4.69) is 37.4 Å². The van der Waals surface area contributed by atoms with Crippen LogP contribution in [0.25, 0.3) is 0 Å². The maximum absolute atomic E-state index is 11.3. The third kappa shape index (κ3) is 6.12. The minimum atomic E-state index is -0.276. The van der Waals surface area contributed by atoms with E-state index in [4.69, 9.17) is 5.73 Å².